The SMILES string of the molecule is COc1ccc(CCNC(=O)CSC2=Nc3ccccc3C3=N[C@H](Cc4ccccc4)C(=O)N23)cc1OC. The molecule has 0 saturated carbocycles. The van der Waals surface area contributed by atoms with Crippen LogP contribution in [0, 0.1) is 0 Å². The van der Waals surface area contributed by atoms with E-state index in [4.69, 9.17) is 19.5 Å². The summed E-state index contributed by atoms with van der Waals surface area (Å²) in [5, 5.41) is 3.42. The number of ether oxygens (including phenoxy) is 2. The maximum atomic E-state index is 13.4. The number of benzene rings is 3. The zero-order chi connectivity index (χ0) is 26.5. The first-order chi connectivity index (χ1) is 18.6. The molecule has 0 aromatic heterocycles. The molecule has 3 aromatic rings. The Morgan fingerprint density at radius 1 is 0.974 bits per heavy atom. The van der Waals surface area contributed by atoms with Crippen LogP contribution in [0.4, 0.5) is 5.69 Å². The van der Waals surface area contributed by atoms with Gasteiger partial charge in [-0.25, -0.2) is 9.89 Å². The molecule has 0 saturated heterocycles. The molecule has 1 N–H and O–H groups in total. The highest BCUT2D eigenvalue weighted by atomic mass is 32.2. The molecule has 8 nitrogen and oxygen atoms in total. The van der Waals surface area contributed by atoms with E-state index in [1.807, 2.05) is 72.8 Å². The van der Waals surface area contributed by atoms with Crippen LogP contribution in [0.15, 0.2) is 82.8 Å². The number of hydrogen-bond donors (Lipinski definition) is 1. The third kappa shape index (κ3) is 5.43. The number of nitrogens with one attached hydrogen (secondary N) is 1. The van der Waals surface area contributed by atoms with E-state index in [1.165, 1.54) is 11.8 Å². The lowest BCUT2D eigenvalue weighted by Crippen LogP contribution is -2.42. The molecular weight excluding hydrogens is 500 g/mol. The fourth-order valence-corrected chi connectivity index (χ4v) is 5.26. The van der Waals surface area contributed by atoms with Crippen LogP contribution in [-0.4, -0.2) is 60.3 Å². The second kappa shape index (κ2) is 11.5. The van der Waals surface area contributed by atoms with Gasteiger partial charge in [-0.3, -0.25) is 14.6 Å². The van der Waals surface area contributed by atoms with Gasteiger partial charge >= 0.3 is 0 Å². The number of rotatable bonds is 9. The highest BCUT2D eigenvalue weighted by molar-refractivity contribution is 8.14. The van der Waals surface area contributed by atoms with Crippen LogP contribution in [0.2, 0.25) is 0 Å². The summed E-state index contributed by atoms with van der Waals surface area (Å²) in [6.07, 6.45) is 1.16. The summed E-state index contributed by atoms with van der Waals surface area (Å²) in [5.41, 5.74) is 3.63. The molecule has 2 aliphatic heterocycles. The van der Waals surface area contributed by atoms with Crippen LogP contribution in [0.25, 0.3) is 0 Å². The summed E-state index contributed by atoms with van der Waals surface area (Å²) >= 11 is 1.24. The third-order valence-electron chi connectivity index (χ3n) is 6.34. The molecule has 2 heterocycles. The first-order valence-electron chi connectivity index (χ1n) is 12.3. The largest absolute Gasteiger partial charge is 0.493 e. The van der Waals surface area contributed by atoms with Crippen LogP contribution in [0.5, 0.6) is 11.5 Å². The molecule has 5 rings (SSSR count). The zero-order valence-corrected chi connectivity index (χ0v) is 22.0. The third-order valence-corrected chi connectivity index (χ3v) is 7.27. The van der Waals surface area contributed by atoms with E-state index >= 15 is 0 Å². The molecule has 0 unspecified atom stereocenters. The average Bonchev–Trinajstić information content (AvgIpc) is 3.28. The first-order valence-corrected chi connectivity index (χ1v) is 13.3. The Bertz CT molecular complexity index is 1410. The minimum atomic E-state index is -0.528. The van der Waals surface area contributed by atoms with Gasteiger partial charge in [0.2, 0.25) is 5.91 Å². The fourth-order valence-electron chi connectivity index (χ4n) is 4.43. The Morgan fingerprint density at radius 3 is 2.53 bits per heavy atom. The smallest absolute Gasteiger partial charge is 0.259 e. The molecule has 0 fully saturated rings. The lowest BCUT2D eigenvalue weighted by atomic mass is 10.1. The van der Waals surface area contributed by atoms with E-state index in [-0.39, 0.29) is 17.6 Å². The van der Waals surface area contributed by atoms with Crippen molar-refractivity contribution in [1.29, 1.82) is 0 Å². The van der Waals surface area contributed by atoms with Crippen molar-refractivity contribution in [3.05, 3.63) is 89.5 Å². The van der Waals surface area contributed by atoms with Gasteiger partial charge in [-0.1, -0.05) is 60.3 Å². The minimum absolute atomic E-state index is 0.126. The number of aliphatic imine (C=N–C) groups is 2. The monoisotopic (exact) mass is 528 g/mol. The normalized spacial score (nSPS) is 15.8. The van der Waals surface area contributed by atoms with Crippen molar-refractivity contribution in [2.45, 2.75) is 18.9 Å². The van der Waals surface area contributed by atoms with Gasteiger partial charge in [0, 0.05) is 18.5 Å². The first kappa shape index (κ1) is 25.5. The summed E-state index contributed by atoms with van der Waals surface area (Å²) in [6.45, 7) is 0.471. The van der Waals surface area contributed by atoms with Crippen LogP contribution in [0.3, 0.4) is 0 Å². The predicted octanol–water partition coefficient (Wildman–Crippen LogP) is 4.00. The van der Waals surface area contributed by atoms with E-state index in [1.54, 1.807) is 19.1 Å². The standard InChI is InChI=1S/C29H28N4O4S/c1-36-24-13-12-20(17-25(24)37-2)14-15-30-26(34)18-38-29-32-22-11-7-6-10-21(22)27-31-23(28(35)33(27)29)16-19-8-4-3-5-9-19/h3-13,17,23H,14-16,18H2,1-2H3,(H,30,34)/t23-/m1/s1. The molecule has 0 spiro atoms. The number of carbonyl (C=O) groups excluding carboxylic acids is 2. The molecule has 0 radical (unpaired) electrons. The van der Waals surface area contributed by atoms with E-state index in [0.29, 0.717) is 41.9 Å². The molecule has 1 atom stereocenters. The Hall–Kier alpha value is -4.11. The summed E-state index contributed by atoms with van der Waals surface area (Å²) in [7, 11) is 3.19. The maximum Gasteiger partial charge on any atom is 0.259 e. The van der Waals surface area contributed by atoms with Gasteiger partial charge in [0.15, 0.2) is 16.7 Å². The number of amidine groups is 2. The molecule has 0 aliphatic carbocycles. The topological polar surface area (TPSA) is 92.6 Å². The Labute approximate surface area is 225 Å². The van der Waals surface area contributed by atoms with E-state index in [0.717, 1.165) is 22.4 Å². The fraction of sp³-hybridized carbons (Fsp3) is 0.241. The number of carbonyl (C=O) groups is 2. The molecule has 0 bridgehead atoms. The zero-order valence-electron chi connectivity index (χ0n) is 21.2. The highest BCUT2D eigenvalue weighted by Gasteiger charge is 2.41. The number of amides is 2. The molecule has 38 heavy (non-hydrogen) atoms. The Morgan fingerprint density at radius 2 is 1.74 bits per heavy atom. The van der Waals surface area contributed by atoms with Crippen molar-refractivity contribution >= 4 is 40.3 Å². The van der Waals surface area contributed by atoms with Gasteiger partial charge in [-0.2, -0.15) is 0 Å². The van der Waals surface area contributed by atoms with Crippen LogP contribution in [0.1, 0.15) is 16.7 Å². The van der Waals surface area contributed by atoms with Gasteiger partial charge in [0.05, 0.1) is 25.7 Å². The van der Waals surface area contributed by atoms with Crippen molar-refractivity contribution in [3.63, 3.8) is 0 Å². The number of fused-ring (bicyclic) bond motifs is 3. The summed E-state index contributed by atoms with van der Waals surface area (Å²) < 4.78 is 10.6. The van der Waals surface area contributed by atoms with E-state index in [2.05, 4.69) is 5.32 Å². The molecule has 3 aromatic carbocycles. The van der Waals surface area contributed by atoms with Gasteiger partial charge in [0.1, 0.15) is 11.9 Å². The molecular formula is C29H28N4O4S. The van der Waals surface area contributed by atoms with Crippen LogP contribution in [-0.2, 0) is 22.4 Å². The second-order valence-electron chi connectivity index (χ2n) is 8.82. The van der Waals surface area contributed by atoms with Gasteiger partial charge in [0.25, 0.3) is 5.91 Å². The van der Waals surface area contributed by atoms with Crippen molar-refractivity contribution in [2.24, 2.45) is 9.98 Å². The average molecular weight is 529 g/mol. The quantitative estimate of drug-likeness (QED) is 0.453. The van der Waals surface area contributed by atoms with Gasteiger partial charge in [-0.15, -0.1) is 0 Å². The van der Waals surface area contributed by atoms with Crippen LogP contribution < -0.4 is 14.8 Å². The highest BCUT2D eigenvalue weighted by Crippen LogP contribution is 2.34. The predicted molar refractivity (Wildman–Crippen MR) is 150 cm³/mol. The number of hydrogen-bond acceptors (Lipinski definition) is 7. The molecule has 2 amide bonds. The van der Waals surface area contributed by atoms with E-state index < -0.39 is 6.04 Å². The lowest BCUT2D eigenvalue weighted by molar-refractivity contribution is -0.124. The molecule has 194 valence electrons. The number of thioether (sulfide) groups is 1. The number of nitrogens with zero attached hydrogens (tertiary/aromatic N) is 3. The number of methoxy groups -OCH3 is 2. The summed E-state index contributed by atoms with van der Waals surface area (Å²) in [5.74, 6) is 1.78. The Balaban J connectivity index is 1.23. The second-order valence-corrected chi connectivity index (χ2v) is 9.76. The van der Waals surface area contributed by atoms with Crippen molar-refractivity contribution < 1.29 is 19.1 Å². The van der Waals surface area contributed by atoms with Crippen molar-refractivity contribution in [2.75, 3.05) is 26.5 Å². The molecule has 9 heteroatoms. The number of para-hydroxylation sites is 1. The van der Waals surface area contributed by atoms with E-state index in [9.17, 15) is 9.59 Å². The minimum Gasteiger partial charge on any atom is -0.493 e. The van der Waals surface area contributed by atoms with Gasteiger partial charge in [-0.05, 0) is 41.8 Å². The van der Waals surface area contributed by atoms with Crippen molar-refractivity contribution in [3.8, 4) is 11.5 Å². The lowest BCUT2D eigenvalue weighted by Gasteiger charge is -2.25. The Kier molecular flexibility index (Phi) is 7.74. The van der Waals surface area contributed by atoms with Crippen LogP contribution >= 0.6 is 11.8 Å². The molecule has 2 aliphatic rings. The van der Waals surface area contributed by atoms with Crippen molar-refractivity contribution in [1.82, 2.24) is 10.2 Å². The summed E-state index contributed by atoms with van der Waals surface area (Å²) in [6, 6.07) is 22.7. The van der Waals surface area contributed by atoms with Gasteiger partial charge < -0.3 is 14.8 Å². The summed E-state index contributed by atoms with van der Waals surface area (Å²) in [4.78, 5) is 37.2. The maximum absolute atomic E-state index is 13.4.